The van der Waals surface area contributed by atoms with Gasteiger partial charge in [0.25, 0.3) is 0 Å². The van der Waals surface area contributed by atoms with E-state index in [0.717, 1.165) is 46.6 Å². The third-order valence-corrected chi connectivity index (χ3v) is 6.61. The molecule has 1 N–H and O–H groups in total. The molecule has 8 heteroatoms. The molecular formula is C22H21ClN4O2S. The molecule has 0 fully saturated rings. The lowest BCUT2D eigenvalue weighted by molar-refractivity contribution is 0.0697. The molecule has 0 bridgehead atoms. The Morgan fingerprint density at radius 1 is 1.27 bits per heavy atom. The minimum absolute atomic E-state index is 0.0975. The maximum Gasteiger partial charge on any atom is 0.337 e. The van der Waals surface area contributed by atoms with Crippen molar-refractivity contribution in [3.63, 3.8) is 0 Å². The van der Waals surface area contributed by atoms with Crippen molar-refractivity contribution in [3.8, 4) is 10.6 Å². The van der Waals surface area contributed by atoms with E-state index in [9.17, 15) is 4.79 Å². The Hall–Kier alpha value is -2.77. The van der Waals surface area contributed by atoms with Gasteiger partial charge in [0.15, 0.2) is 0 Å². The molecule has 0 aliphatic rings. The fraction of sp³-hybridized carbons (Fsp3) is 0.273. The van der Waals surface area contributed by atoms with Gasteiger partial charge in [0.2, 0.25) is 0 Å². The number of benzene rings is 2. The van der Waals surface area contributed by atoms with Crippen LogP contribution in [-0.4, -0.2) is 30.8 Å². The molecule has 1 atom stereocenters. The molecule has 4 rings (SSSR count). The van der Waals surface area contributed by atoms with E-state index < -0.39 is 5.97 Å². The molecule has 1 unspecified atom stereocenters. The zero-order chi connectivity index (χ0) is 21.1. The zero-order valence-corrected chi connectivity index (χ0v) is 18.0. The molecule has 6 nitrogen and oxygen atoms in total. The van der Waals surface area contributed by atoms with Gasteiger partial charge < -0.3 is 5.11 Å². The molecule has 0 aliphatic heterocycles. The summed E-state index contributed by atoms with van der Waals surface area (Å²) in [4.78, 5) is 19.9. The van der Waals surface area contributed by atoms with Crippen LogP contribution in [0, 0.1) is 5.92 Å². The second kappa shape index (κ2) is 8.93. The highest BCUT2D eigenvalue weighted by molar-refractivity contribution is 7.21. The summed E-state index contributed by atoms with van der Waals surface area (Å²) in [5, 5.41) is 14.4. The van der Waals surface area contributed by atoms with Gasteiger partial charge in [-0.05, 0) is 48.6 Å². The zero-order valence-electron chi connectivity index (χ0n) is 16.5. The third-order valence-electron chi connectivity index (χ3n) is 5.23. The predicted molar refractivity (Wildman–Crippen MR) is 119 cm³/mol. The van der Waals surface area contributed by atoms with Crippen LogP contribution < -0.4 is 0 Å². The van der Waals surface area contributed by atoms with Gasteiger partial charge in [0, 0.05) is 12.1 Å². The van der Waals surface area contributed by atoms with Crippen LogP contribution in [0.25, 0.3) is 20.8 Å². The lowest BCUT2D eigenvalue weighted by Gasteiger charge is -2.14. The van der Waals surface area contributed by atoms with Crippen LogP contribution in [0.5, 0.6) is 0 Å². The van der Waals surface area contributed by atoms with E-state index in [4.69, 9.17) is 21.7 Å². The molecular weight excluding hydrogens is 420 g/mol. The van der Waals surface area contributed by atoms with Crippen molar-refractivity contribution in [1.29, 1.82) is 0 Å². The normalized spacial score (nSPS) is 12.3. The minimum Gasteiger partial charge on any atom is -0.478 e. The highest BCUT2D eigenvalue weighted by Gasteiger charge is 2.14. The average molecular weight is 441 g/mol. The van der Waals surface area contributed by atoms with Crippen molar-refractivity contribution in [2.45, 2.75) is 32.7 Å². The van der Waals surface area contributed by atoms with Gasteiger partial charge in [-0.2, -0.15) is 5.10 Å². The molecule has 0 aliphatic carbocycles. The van der Waals surface area contributed by atoms with Crippen molar-refractivity contribution in [1.82, 2.24) is 19.7 Å². The minimum atomic E-state index is -1.03. The number of aromatic nitrogens is 4. The molecule has 0 saturated carbocycles. The quantitative estimate of drug-likeness (QED) is 0.387. The SMILES string of the molecule is CCC(CCn1cncn1)Cc1ccc2nc(-c3ccc(C(=O)O)c(Cl)c3)sc2c1. The smallest absolute Gasteiger partial charge is 0.337 e. The van der Waals surface area contributed by atoms with Gasteiger partial charge in [-0.1, -0.05) is 37.1 Å². The molecule has 0 amide bonds. The lowest BCUT2D eigenvalue weighted by atomic mass is 9.94. The van der Waals surface area contributed by atoms with E-state index in [1.807, 2.05) is 4.68 Å². The number of hydrogen-bond acceptors (Lipinski definition) is 5. The molecule has 4 aromatic rings. The molecule has 154 valence electrons. The fourth-order valence-corrected chi connectivity index (χ4v) is 4.77. The maximum absolute atomic E-state index is 11.2. The van der Waals surface area contributed by atoms with Crippen LogP contribution in [-0.2, 0) is 13.0 Å². The van der Waals surface area contributed by atoms with Crippen molar-refractivity contribution < 1.29 is 9.90 Å². The summed E-state index contributed by atoms with van der Waals surface area (Å²) in [6.45, 7) is 3.10. The lowest BCUT2D eigenvalue weighted by Crippen LogP contribution is -2.09. The van der Waals surface area contributed by atoms with Gasteiger partial charge in [-0.15, -0.1) is 11.3 Å². The van der Waals surface area contributed by atoms with Gasteiger partial charge in [0.1, 0.15) is 17.7 Å². The van der Waals surface area contributed by atoms with E-state index in [2.05, 4.69) is 35.2 Å². The highest BCUT2D eigenvalue weighted by Crippen LogP contribution is 2.33. The second-order valence-electron chi connectivity index (χ2n) is 7.25. The number of thiazole rings is 1. The Morgan fingerprint density at radius 3 is 2.83 bits per heavy atom. The standard InChI is InChI=1S/C22H21ClN4O2S/c1-2-14(7-8-27-13-24-12-25-27)9-15-3-6-19-20(10-15)30-21(26-19)16-4-5-17(22(28)29)18(23)11-16/h3-6,10-14H,2,7-9H2,1H3,(H,28,29). The summed E-state index contributed by atoms with van der Waals surface area (Å²) in [5.74, 6) is -0.462. The Labute approximate surface area is 183 Å². The van der Waals surface area contributed by atoms with E-state index >= 15 is 0 Å². The van der Waals surface area contributed by atoms with Crippen LogP contribution >= 0.6 is 22.9 Å². The average Bonchev–Trinajstić information content (AvgIpc) is 3.40. The number of halogens is 1. The highest BCUT2D eigenvalue weighted by atomic mass is 35.5. The number of carboxylic acid groups (broad SMARTS) is 1. The van der Waals surface area contributed by atoms with Crippen molar-refractivity contribution in [3.05, 3.63) is 65.2 Å². The van der Waals surface area contributed by atoms with Crippen LogP contribution in [0.1, 0.15) is 35.7 Å². The van der Waals surface area contributed by atoms with Crippen molar-refractivity contribution in [2.24, 2.45) is 5.92 Å². The summed E-state index contributed by atoms with van der Waals surface area (Å²) < 4.78 is 2.99. The third kappa shape index (κ3) is 4.52. The number of aromatic carboxylic acids is 1. The Balaban J connectivity index is 1.52. The number of aryl methyl sites for hydroxylation is 1. The van der Waals surface area contributed by atoms with Gasteiger partial charge in [0.05, 0.1) is 20.8 Å². The number of rotatable bonds is 8. The van der Waals surface area contributed by atoms with E-state index in [-0.39, 0.29) is 10.6 Å². The monoisotopic (exact) mass is 440 g/mol. The first-order valence-electron chi connectivity index (χ1n) is 9.78. The van der Waals surface area contributed by atoms with E-state index in [1.54, 1.807) is 36.1 Å². The van der Waals surface area contributed by atoms with Crippen LogP contribution in [0.3, 0.4) is 0 Å². The summed E-state index contributed by atoms with van der Waals surface area (Å²) in [7, 11) is 0. The van der Waals surface area contributed by atoms with Crippen LogP contribution in [0.4, 0.5) is 0 Å². The number of fused-ring (bicyclic) bond motifs is 1. The molecule has 0 radical (unpaired) electrons. The van der Waals surface area contributed by atoms with Gasteiger partial charge in [-0.25, -0.2) is 14.8 Å². The van der Waals surface area contributed by atoms with Crippen molar-refractivity contribution >= 4 is 39.1 Å². The first-order chi connectivity index (χ1) is 14.5. The molecule has 2 heterocycles. The van der Waals surface area contributed by atoms with Crippen LogP contribution in [0.2, 0.25) is 5.02 Å². The second-order valence-corrected chi connectivity index (χ2v) is 8.68. The summed E-state index contributed by atoms with van der Waals surface area (Å²) in [5.41, 5.74) is 3.16. The Kier molecular flexibility index (Phi) is 6.11. The Bertz CT molecular complexity index is 1170. The number of hydrogen-bond donors (Lipinski definition) is 1. The molecule has 0 spiro atoms. The molecule has 2 aromatic carbocycles. The fourth-order valence-electron chi connectivity index (χ4n) is 3.49. The number of nitrogens with zero attached hydrogens (tertiary/aromatic N) is 4. The summed E-state index contributed by atoms with van der Waals surface area (Å²) in [6, 6.07) is 11.4. The predicted octanol–water partition coefficient (Wildman–Crippen LogP) is 5.57. The molecule has 30 heavy (non-hydrogen) atoms. The van der Waals surface area contributed by atoms with Crippen LogP contribution in [0.15, 0.2) is 49.1 Å². The van der Waals surface area contributed by atoms with Gasteiger partial charge in [-0.3, -0.25) is 4.68 Å². The van der Waals surface area contributed by atoms with E-state index in [0.29, 0.717) is 5.92 Å². The largest absolute Gasteiger partial charge is 0.478 e. The summed E-state index contributed by atoms with van der Waals surface area (Å²) in [6.07, 6.45) is 6.49. The topological polar surface area (TPSA) is 80.9 Å². The van der Waals surface area contributed by atoms with E-state index in [1.165, 1.54) is 11.6 Å². The first-order valence-corrected chi connectivity index (χ1v) is 11.0. The number of carbonyl (C=O) groups is 1. The first kappa shape index (κ1) is 20.5. The summed E-state index contributed by atoms with van der Waals surface area (Å²) >= 11 is 7.72. The molecule has 0 saturated heterocycles. The van der Waals surface area contributed by atoms with Crippen molar-refractivity contribution in [2.75, 3.05) is 0 Å². The Morgan fingerprint density at radius 2 is 2.13 bits per heavy atom. The maximum atomic E-state index is 11.2. The van der Waals surface area contributed by atoms with Gasteiger partial charge >= 0.3 is 5.97 Å². The number of carboxylic acids is 1. The molecule has 2 aromatic heterocycles.